The van der Waals surface area contributed by atoms with Crippen LogP contribution in [0.2, 0.25) is 0 Å². The van der Waals surface area contributed by atoms with Gasteiger partial charge in [-0.3, -0.25) is 4.90 Å². The van der Waals surface area contributed by atoms with E-state index in [0.29, 0.717) is 18.1 Å². The minimum absolute atomic E-state index is 0.440. The molecule has 0 spiro atoms. The van der Waals surface area contributed by atoms with Crippen LogP contribution < -0.4 is 0 Å². The SMILES string of the molecule is COCc1nccc([C@H]2CCCN(Cc3ccc(C#N)cc3)C2)n1. The molecule has 1 atom stereocenters. The molecule has 1 aromatic carbocycles. The standard InChI is InChI=1S/C19H22N4O/c1-24-14-19-21-9-8-18(22-19)17-3-2-10-23(13-17)12-16-6-4-15(11-20)5-7-16/h4-9,17H,2-3,10,12-14H2,1H3/t17-/m0/s1. The first kappa shape index (κ1) is 16.6. The van der Waals surface area contributed by atoms with Gasteiger partial charge in [0.1, 0.15) is 6.61 Å². The normalized spacial score (nSPS) is 18.2. The summed E-state index contributed by atoms with van der Waals surface area (Å²) in [6.45, 7) is 3.48. The van der Waals surface area contributed by atoms with Crippen LogP contribution in [0, 0.1) is 11.3 Å². The number of ether oxygens (including phenoxy) is 1. The molecule has 0 radical (unpaired) electrons. The van der Waals surface area contributed by atoms with Gasteiger partial charge in [-0.25, -0.2) is 9.97 Å². The third kappa shape index (κ3) is 4.16. The van der Waals surface area contributed by atoms with E-state index in [-0.39, 0.29) is 0 Å². The second kappa shape index (κ2) is 8.00. The van der Waals surface area contributed by atoms with Crippen LogP contribution in [-0.4, -0.2) is 35.1 Å². The molecule has 0 aliphatic carbocycles. The molecule has 3 rings (SSSR count). The van der Waals surface area contributed by atoms with Crippen molar-refractivity contribution < 1.29 is 4.74 Å². The van der Waals surface area contributed by atoms with E-state index in [0.717, 1.165) is 37.6 Å². The van der Waals surface area contributed by atoms with Gasteiger partial charge in [0, 0.05) is 38.0 Å². The fourth-order valence-corrected chi connectivity index (χ4v) is 3.22. The lowest BCUT2D eigenvalue weighted by Crippen LogP contribution is -2.34. The fraction of sp³-hybridized carbons (Fsp3) is 0.421. The number of nitriles is 1. The molecule has 0 N–H and O–H groups in total. The molecule has 5 nitrogen and oxygen atoms in total. The number of hydrogen-bond acceptors (Lipinski definition) is 5. The molecule has 1 aliphatic rings. The van der Waals surface area contributed by atoms with Gasteiger partial charge in [-0.05, 0) is 43.1 Å². The first-order valence-electron chi connectivity index (χ1n) is 8.30. The average Bonchev–Trinajstić information content (AvgIpc) is 2.63. The topological polar surface area (TPSA) is 62.0 Å². The molecule has 1 fully saturated rings. The second-order valence-electron chi connectivity index (χ2n) is 6.21. The molecule has 5 heteroatoms. The molecule has 124 valence electrons. The Morgan fingerprint density at radius 1 is 1.29 bits per heavy atom. The molecule has 0 bridgehead atoms. The number of methoxy groups -OCH3 is 1. The zero-order chi connectivity index (χ0) is 16.8. The van der Waals surface area contributed by atoms with Crippen LogP contribution >= 0.6 is 0 Å². The van der Waals surface area contributed by atoms with Crippen LogP contribution in [0.4, 0.5) is 0 Å². The summed E-state index contributed by atoms with van der Waals surface area (Å²) in [5.74, 6) is 1.19. The van der Waals surface area contributed by atoms with Gasteiger partial charge in [0.15, 0.2) is 5.82 Å². The summed E-state index contributed by atoms with van der Waals surface area (Å²) >= 11 is 0. The van der Waals surface area contributed by atoms with E-state index in [4.69, 9.17) is 10.00 Å². The Labute approximate surface area is 142 Å². The van der Waals surface area contributed by atoms with Crippen molar-refractivity contribution >= 4 is 0 Å². The van der Waals surface area contributed by atoms with Crippen molar-refractivity contribution in [1.29, 1.82) is 5.26 Å². The number of nitrogens with zero attached hydrogens (tertiary/aromatic N) is 4. The lowest BCUT2D eigenvalue weighted by molar-refractivity contribution is 0.176. The summed E-state index contributed by atoms with van der Waals surface area (Å²) in [6.07, 6.45) is 4.16. The highest BCUT2D eigenvalue weighted by molar-refractivity contribution is 5.31. The van der Waals surface area contributed by atoms with Crippen molar-refractivity contribution in [3.8, 4) is 6.07 Å². The molecule has 24 heavy (non-hydrogen) atoms. The monoisotopic (exact) mass is 322 g/mol. The van der Waals surface area contributed by atoms with Crippen molar-refractivity contribution in [2.24, 2.45) is 0 Å². The highest BCUT2D eigenvalue weighted by Crippen LogP contribution is 2.26. The molecule has 2 heterocycles. The van der Waals surface area contributed by atoms with Gasteiger partial charge in [0.2, 0.25) is 0 Å². The van der Waals surface area contributed by atoms with E-state index >= 15 is 0 Å². The Morgan fingerprint density at radius 3 is 2.88 bits per heavy atom. The summed E-state index contributed by atoms with van der Waals surface area (Å²) in [6, 6.07) is 12.1. The van der Waals surface area contributed by atoms with Crippen LogP contribution in [0.1, 0.15) is 41.4 Å². The maximum absolute atomic E-state index is 8.89. The smallest absolute Gasteiger partial charge is 0.154 e. The molecule has 0 unspecified atom stereocenters. The largest absolute Gasteiger partial charge is 0.377 e. The van der Waals surface area contributed by atoms with Gasteiger partial charge in [-0.1, -0.05) is 12.1 Å². The maximum atomic E-state index is 8.89. The Morgan fingerprint density at radius 2 is 2.12 bits per heavy atom. The Balaban J connectivity index is 1.65. The fourth-order valence-electron chi connectivity index (χ4n) is 3.22. The molecule has 1 aliphatic heterocycles. The van der Waals surface area contributed by atoms with E-state index in [1.54, 1.807) is 7.11 Å². The zero-order valence-corrected chi connectivity index (χ0v) is 14.0. The summed E-state index contributed by atoms with van der Waals surface area (Å²) < 4.78 is 5.13. The average molecular weight is 322 g/mol. The highest BCUT2D eigenvalue weighted by atomic mass is 16.5. The second-order valence-corrected chi connectivity index (χ2v) is 6.21. The van der Waals surface area contributed by atoms with E-state index in [9.17, 15) is 0 Å². The Bertz CT molecular complexity index is 708. The summed E-state index contributed by atoms with van der Waals surface area (Å²) in [7, 11) is 1.66. The van der Waals surface area contributed by atoms with Crippen LogP contribution in [0.25, 0.3) is 0 Å². The maximum Gasteiger partial charge on any atom is 0.154 e. The van der Waals surface area contributed by atoms with E-state index < -0.39 is 0 Å². The number of aromatic nitrogens is 2. The third-order valence-corrected chi connectivity index (χ3v) is 4.41. The minimum atomic E-state index is 0.440. The van der Waals surface area contributed by atoms with Crippen LogP contribution in [0.5, 0.6) is 0 Å². The van der Waals surface area contributed by atoms with Gasteiger partial charge in [0.25, 0.3) is 0 Å². The molecule has 1 saturated heterocycles. The number of likely N-dealkylation sites (tertiary alicyclic amines) is 1. The van der Waals surface area contributed by atoms with Gasteiger partial charge in [-0.2, -0.15) is 5.26 Å². The predicted octanol–water partition coefficient (Wildman–Crippen LogP) is 2.87. The zero-order valence-electron chi connectivity index (χ0n) is 14.0. The Kier molecular flexibility index (Phi) is 5.52. The molecular formula is C19H22N4O. The number of piperidine rings is 1. The molecular weight excluding hydrogens is 300 g/mol. The van der Waals surface area contributed by atoms with Gasteiger partial charge in [-0.15, -0.1) is 0 Å². The lowest BCUT2D eigenvalue weighted by atomic mass is 9.94. The van der Waals surface area contributed by atoms with Crippen molar-refractivity contribution in [1.82, 2.24) is 14.9 Å². The Hall–Kier alpha value is -2.29. The first-order valence-corrected chi connectivity index (χ1v) is 8.30. The van der Waals surface area contributed by atoms with Crippen molar-refractivity contribution in [2.45, 2.75) is 31.9 Å². The van der Waals surface area contributed by atoms with Crippen molar-refractivity contribution in [3.63, 3.8) is 0 Å². The van der Waals surface area contributed by atoms with E-state index in [1.165, 1.54) is 12.0 Å². The summed E-state index contributed by atoms with van der Waals surface area (Å²) in [5.41, 5.74) is 3.07. The lowest BCUT2D eigenvalue weighted by Gasteiger charge is -2.32. The van der Waals surface area contributed by atoms with Gasteiger partial charge < -0.3 is 4.74 Å². The quantitative estimate of drug-likeness (QED) is 0.847. The highest BCUT2D eigenvalue weighted by Gasteiger charge is 2.22. The molecule has 1 aromatic heterocycles. The number of benzene rings is 1. The van der Waals surface area contributed by atoms with Crippen molar-refractivity contribution in [2.75, 3.05) is 20.2 Å². The van der Waals surface area contributed by atoms with Crippen molar-refractivity contribution in [3.05, 3.63) is 59.2 Å². The van der Waals surface area contributed by atoms with Gasteiger partial charge in [0.05, 0.1) is 11.6 Å². The minimum Gasteiger partial charge on any atom is -0.377 e. The third-order valence-electron chi connectivity index (χ3n) is 4.41. The first-order chi connectivity index (χ1) is 11.8. The van der Waals surface area contributed by atoms with Crippen LogP contribution in [0.3, 0.4) is 0 Å². The van der Waals surface area contributed by atoms with Crippen LogP contribution in [-0.2, 0) is 17.9 Å². The van der Waals surface area contributed by atoms with Crippen LogP contribution in [0.15, 0.2) is 36.5 Å². The predicted molar refractivity (Wildman–Crippen MR) is 91.2 cm³/mol. The van der Waals surface area contributed by atoms with E-state index in [2.05, 4.69) is 20.9 Å². The summed E-state index contributed by atoms with van der Waals surface area (Å²) in [4.78, 5) is 11.4. The number of hydrogen-bond donors (Lipinski definition) is 0. The molecule has 0 saturated carbocycles. The van der Waals surface area contributed by atoms with Gasteiger partial charge >= 0.3 is 0 Å². The number of rotatable bonds is 5. The molecule has 2 aromatic rings. The molecule has 0 amide bonds. The summed E-state index contributed by atoms with van der Waals surface area (Å²) in [5, 5.41) is 8.89. The van der Waals surface area contributed by atoms with E-state index in [1.807, 2.05) is 36.5 Å².